The SMILES string of the molecule is Cc1cc(C)nc(Nc2cncc(C3CCCN(c4cnccn4)C3)n2)n1. The van der Waals surface area contributed by atoms with Gasteiger partial charge in [-0.25, -0.2) is 19.9 Å². The highest BCUT2D eigenvalue weighted by molar-refractivity contribution is 5.47. The molecule has 4 rings (SSSR count). The number of piperidine rings is 1. The highest BCUT2D eigenvalue weighted by Gasteiger charge is 2.24. The van der Waals surface area contributed by atoms with Crippen molar-refractivity contribution in [3.8, 4) is 0 Å². The largest absolute Gasteiger partial charge is 0.355 e. The minimum Gasteiger partial charge on any atom is -0.355 e. The fraction of sp³-hybridized carbons (Fsp3) is 0.368. The Kier molecular flexibility index (Phi) is 4.86. The molecule has 0 aromatic carbocycles. The monoisotopic (exact) mass is 362 g/mol. The van der Waals surface area contributed by atoms with E-state index in [0.29, 0.717) is 17.7 Å². The number of anilines is 3. The summed E-state index contributed by atoms with van der Waals surface area (Å²) in [6.07, 6.45) is 10.9. The summed E-state index contributed by atoms with van der Waals surface area (Å²) in [5.41, 5.74) is 2.81. The Labute approximate surface area is 158 Å². The number of aromatic nitrogens is 6. The molecule has 1 N–H and O–H groups in total. The molecule has 1 unspecified atom stereocenters. The molecule has 1 saturated heterocycles. The van der Waals surface area contributed by atoms with Crippen molar-refractivity contribution in [2.75, 3.05) is 23.3 Å². The van der Waals surface area contributed by atoms with Crippen molar-refractivity contribution in [2.24, 2.45) is 0 Å². The van der Waals surface area contributed by atoms with Gasteiger partial charge in [-0.3, -0.25) is 9.97 Å². The Balaban J connectivity index is 1.51. The fourth-order valence-electron chi connectivity index (χ4n) is 3.42. The summed E-state index contributed by atoms with van der Waals surface area (Å²) in [6.45, 7) is 5.74. The molecule has 4 heterocycles. The van der Waals surface area contributed by atoms with Crippen LogP contribution >= 0.6 is 0 Å². The lowest BCUT2D eigenvalue weighted by molar-refractivity contribution is 0.497. The lowest BCUT2D eigenvalue weighted by atomic mass is 9.95. The predicted octanol–water partition coefficient (Wildman–Crippen LogP) is 2.80. The minimum atomic E-state index is 0.301. The lowest BCUT2D eigenvalue weighted by Crippen LogP contribution is -2.35. The van der Waals surface area contributed by atoms with E-state index >= 15 is 0 Å². The average Bonchev–Trinajstić information content (AvgIpc) is 2.68. The maximum absolute atomic E-state index is 4.76. The summed E-state index contributed by atoms with van der Waals surface area (Å²) < 4.78 is 0. The van der Waals surface area contributed by atoms with E-state index in [4.69, 9.17) is 4.98 Å². The molecule has 1 atom stereocenters. The number of hydrogen-bond donors (Lipinski definition) is 1. The van der Waals surface area contributed by atoms with Crippen molar-refractivity contribution in [3.63, 3.8) is 0 Å². The molecule has 138 valence electrons. The van der Waals surface area contributed by atoms with E-state index in [9.17, 15) is 0 Å². The van der Waals surface area contributed by atoms with Crippen LogP contribution < -0.4 is 10.2 Å². The second-order valence-electron chi connectivity index (χ2n) is 6.78. The first-order chi connectivity index (χ1) is 13.2. The van der Waals surface area contributed by atoms with Crippen molar-refractivity contribution in [1.82, 2.24) is 29.9 Å². The van der Waals surface area contributed by atoms with Crippen molar-refractivity contribution < 1.29 is 0 Å². The molecule has 8 nitrogen and oxygen atoms in total. The number of nitrogens with one attached hydrogen (secondary N) is 1. The Morgan fingerprint density at radius 1 is 1.00 bits per heavy atom. The van der Waals surface area contributed by atoms with E-state index in [1.807, 2.05) is 32.3 Å². The van der Waals surface area contributed by atoms with Crippen LogP contribution in [0.3, 0.4) is 0 Å². The van der Waals surface area contributed by atoms with Crippen LogP contribution in [0.5, 0.6) is 0 Å². The average molecular weight is 362 g/mol. The Hall–Kier alpha value is -3.16. The molecule has 3 aromatic heterocycles. The third-order valence-electron chi connectivity index (χ3n) is 4.59. The van der Waals surface area contributed by atoms with Gasteiger partial charge in [0.25, 0.3) is 0 Å². The molecule has 0 radical (unpaired) electrons. The molecule has 0 saturated carbocycles. The molecular weight excluding hydrogens is 340 g/mol. The normalized spacial score (nSPS) is 17.0. The van der Waals surface area contributed by atoms with Crippen LogP contribution in [0, 0.1) is 13.8 Å². The molecule has 0 bridgehead atoms. The van der Waals surface area contributed by atoms with Gasteiger partial charge in [-0.05, 0) is 32.8 Å². The van der Waals surface area contributed by atoms with Crippen molar-refractivity contribution in [2.45, 2.75) is 32.6 Å². The van der Waals surface area contributed by atoms with Gasteiger partial charge in [0.2, 0.25) is 5.95 Å². The quantitative estimate of drug-likeness (QED) is 0.757. The van der Waals surface area contributed by atoms with Gasteiger partial charge in [0, 0.05) is 49.0 Å². The number of nitrogens with zero attached hydrogens (tertiary/aromatic N) is 7. The Morgan fingerprint density at radius 3 is 2.63 bits per heavy atom. The van der Waals surface area contributed by atoms with E-state index in [1.165, 1.54) is 0 Å². The summed E-state index contributed by atoms with van der Waals surface area (Å²) in [5.74, 6) is 2.42. The summed E-state index contributed by atoms with van der Waals surface area (Å²) in [7, 11) is 0. The maximum Gasteiger partial charge on any atom is 0.228 e. The third kappa shape index (κ3) is 4.16. The molecule has 0 aliphatic carbocycles. The zero-order valence-corrected chi connectivity index (χ0v) is 15.5. The van der Waals surface area contributed by atoms with Gasteiger partial charge < -0.3 is 10.2 Å². The van der Waals surface area contributed by atoms with Gasteiger partial charge in [-0.1, -0.05) is 0 Å². The van der Waals surface area contributed by atoms with E-state index in [1.54, 1.807) is 18.6 Å². The highest BCUT2D eigenvalue weighted by atomic mass is 15.2. The molecule has 8 heteroatoms. The van der Waals surface area contributed by atoms with Crippen LogP contribution in [-0.2, 0) is 0 Å². The van der Waals surface area contributed by atoms with Gasteiger partial charge in [-0.15, -0.1) is 0 Å². The minimum absolute atomic E-state index is 0.301. The second-order valence-corrected chi connectivity index (χ2v) is 6.78. The second kappa shape index (κ2) is 7.61. The number of hydrogen-bond acceptors (Lipinski definition) is 8. The van der Waals surface area contributed by atoms with Crippen LogP contribution in [0.1, 0.15) is 35.8 Å². The zero-order chi connectivity index (χ0) is 18.6. The standard InChI is InChI=1S/C19H22N8/c1-13-8-14(2)24-19(23-13)26-17-10-21-9-16(25-17)15-4-3-7-27(12-15)18-11-20-5-6-22-18/h5-6,8-11,15H,3-4,7,12H2,1-2H3,(H,23,24,25,26). The fourth-order valence-corrected chi connectivity index (χ4v) is 3.42. The highest BCUT2D eigenvalue weighted by Crippen LogP contribution is 2.28. The summed E-state index contributed by atoms with van der Waals surface area (Å²) in [4.78, 5) is 28.8. The molecule has 1 fully saturated rings. The molecule has 1 aliphatic rings. The Morgan fingerprint density at radius 2 is 1.85 bits per heavy atom. The first-order valence-corrected chi connectivity index (χ1v) is 9.09. The molecule has 0 amide bonds. The van der Waals surface area contributed by atoms with Crippen LogP contribution in [0.25, 0.3) is 0 Å². The Bertz CT molecular complexity index is 894. The van der Waals surface area contributed by atoms with Gasteiger partial charge in [0.1, 0.15) is 5.82 Å². The van der Waals surface area contributed by atoms with Gasteiger partial charge in [-0.2, -0.15) is 0 Å². The van der Waals surface area contributed by atoms with E-state index in [2.05, 4.69) is 35.1 Å². The molecule has 27 heavy (non-hydrogen) atoms. The van der Waals surface area contributed by atoms with E-state index < -0.39 is 0 Å². The zero-order valence-electron chi connectivity index (χ0n) is 15.5. The summed E-state index contributed by atoms with van der Waals surface area (Å²) >= 11 is 0. The van der Waals surface area contributed by atoms with Crippen LogP contribution in [0.15, 0.2) is 37.1 Å². The molecule has 0 spiro atoms. The molecule has 1 aliphatic heterocycles. The molecular formula is C19H22N8. The van der Waals surface area contributed by atoms with Gasteiger partial charge >= 0.3 is 0 Å². The van der Waals surface area contributed by atoms with Gasteiger partial charge in [0.15, 0.2) is 5.82 Å². The van der Waals surface area contributed by atoms with Crippen LogP contribution in [0.4, 0.5) is 17.6 Å². The van der Waals surface area contributed by atoms with E-state index in [-0.39, 0.29) is 0 Å². The van der Waals surface area contributed by atoms with E-state index in [0.717, 1.165) is 48.8 Å². The smallest absolute Gasteiger partial charge is 0.228 e. The van der Waals surface area contributed by atoms with Crippen molar-refractivity contribution >= 4 is 17.6 Å². The number of aryl methyl sites for hydroxylation is 2. The summed E-state index contributed by atoms with van der Waals surface area (Å²) in [5, 5.41) is 3.18. The van der Waals surface area contributed by atoms with Crippen LogP contribution in [-0.4, -0.2) is 43.0 Å². The molecule has 3 aromatic rings. The first kappa shape index (κ1) is 17.3. The number of rotatable bonds is 4. The van der Waals surface area contributed by atoms with Crippen LogP contribution in [0.2, 0.25) is 0 Å². The third-order valence-corrected chi connectivity index (χ3v) is 4.59. The van der Waals surface area contributed by atoms with Crippen molar-refractivity contribution in [1.29, 1.82) is 0 Å². The lowest BCUT2D eigenvalue weighted by Gasteiger charge is -2.33. The first-order valence-electron chi connectivity index (χ1n) is 9.09. The predicted molar refractivity (Wildman–Crippen MR) is 103 cm³/mol. The van der Waals surface area contributed by atoms with Crippen molar-refractivity contribution in [3.05, 3.63) is 54.1 Å². The van der Waals surface area contributed by atoms with Gasteiger partial charge in [0.05, 0.1) is 18.1 Å². The maximum atomic E-state index is 4.76. The summed E-state index contributed by atoms with van der Waals surface area (Å²) in [6, 6.07) is 1.94. The topological polar surface area (TPSA) is 92.6 Å².